The molecular weight excluding hydrogens is 363 g/mol. The van der Waals surface area contributed by atoms with Crippen molar-refractivity contribution in [1.82, 2.24) is 5.32 Å². The second-order valence-electron chi connectivity index (χ2n) is 4.87. The summed E-state index contributed by atoms with van der Waals surface area (Å²) in [4.78, 5) is 27.8. The number of nitrogens with one attached hydrogen (secondary N) is 1. The maximum atomic E-state index is 12.3. The number of halogens is 3. The molecule has 0 aromatic heterocycles. The third-order valence-corrected chi connectivity index (χ3v) is 3.93. The van der Waals surface area contributed by atoms with E-state index in [2.05, 4.69) is 10.3 Å². The quantitative estimate of drug-likeness (QED) is 0.807. The number of carbonyl (C=O) groups is 2. The van der Waals surface area contributed by atoms with Crippen LogP contribution in [0.25, 0.3) is 0 Å². The standard InChI is InChI=1S/C15H9Cl3N2O3/c16-7-1-3-11-9(5-7)14(21)20-13(19-11)10-6-8(17)2-4-12(10)23-15(18)22/h1-6,9,11H,(H,19,20,21). The van der Waals surface area contributed by atoms with Gasteiger partial charge in [0.25, 0.3) is 0 Å². The smallest absolute Gasteiger partial charge is 0.409 e. The average molecular weight is 372 g/mol. The Hall–Kier alpha value is -1.82. The van der Waals surface area contributed by atoms with Crippen LogP contribution < -0.4 is 10.1 Å². The molecule has 0 spiro atoms. The van der Waals surface area contributed by atoms with Crippen molar-refractivity contribution in [2.24, 2.45) is 10.9 Å². The van der Waals surface area contributed by atoms with E-state index in [0.29, 0.717) is 15.6 Å². The molecule has 0 bridgehead atoms. The summed E-state index contributed by atoms with van der Waals surface area (Å²) < 4.78 is 4.93. The lowest BCUT2D eigenvalue weighted by atomic mass is 9.92. The summed E-state index contributed by atoms with van der Waals surface area (Å²) in [7, 11) is 0. The zero-order valence-electron chi connectivity index (χ0n) is 11.4. The average Bonchev–Trinajstić information content (AvgIpc) is 2.49. The number of ether oxygens (including phenoxy) is 1. The van der Waals surface area contributed by atoms with Crippen LogP contribution in [0.4, 0.5) is 4.79 Å². The van der Waals surface area contributed by atoms with Gasteiger partial charge in [0.1, 0.15) is 11.6 Å². The number of rotatable bonds is 2. The molecule has 0 saturated heterocycles. The molecule has 1 aromatic carbocycles. The zero-order chi connectivity index (χ0) is 16.6. The van der Waals surface area contributed by atoms with E-state index in [1.807, 2.05) is 0 Å². The molecule has 2 unspecified atom stereocenters. The summed E-state index contributed by atoms with van der Waals surface area (Å²) >= 11 is 17.2. The number of aliphatic imine (C=N–C) groups is 1. The van der Waals surface area contributed by atoms with Gasteiger partial charge < -0.3 is 10.1 Å². The summed E-state index contributed by atoms with van der Waals surface area (Å²) in [6.07, 6.45) is 5.06. The molecule has 1 aliphatic heterocycles. The fourth-order valence-corrected chi connectivity index (χ4v) is 2.83. The van der Waals surface area contributed by atoms with Crippen molar-refractivity contribution in [2.75, 3.05) is 0 Å². The van der Waals surface area contributed by atoms with Crippen LogP contribution in [0.1, 0.15) is 5.56 Å². The Morgan fingerprint density at radius 3 is 2.83 bits per heavy atom. The van der Waals surface area contributed by atoms with Crippen molar-refractivity contribution in [1.29, 1.82) is 0 Å². The maximum Gasteiger partial charge on any atom is 0.409 e. The van der Waals surface area contributed by atoms with Crippen molar-refractivity contribution >= 4 is 52.0 Å². The minimum atomic E-state index is -0.999. The van der Waals surface area contributed by atoms with Gasteiger partial charge in [0.05, 0.1) is 17.5 Å². The van der Waals surface area contributed by atoms with Crippen LogP contribution in [0.3, 0.4) is 0 Å². The molecule has 5 nitrogen and oxygen atoms in total. The summed E-state index contributed by atoms with van der Waals surface area (Å²) in [5, 5.41) is 3.56. The Morgan fingerprint density at radius 2 is 2.09 bits per heavy atom. The van der Waals surface area contributed by atoms with E-state index in [4.69, 9.17) is 39.5 Å². The molecule has 0 saturated carbocycles. The predicted octanol–water partition coefficient (Wildman–Crippen LogP) is 3.63. The van der Waals surface area contributed by atoms with Crippen LogP contribution in [0.2, 0.25) is 5.02 Å². The number of hydrogen-bond donors (Lipinski definition) is 1. The number of hydrogen-bond acceptors (Lipinski definition) is 4. The van der Waals surface area contributed by atoms with E-state index in [-0.39, 0.29) is 23.5 Å². The third-order valence-electron chi connectivity index (χ3n) is 3.37. The normalized spacial score (nSPS) is 22.7. The molecule has 0 radical (unpaired) electrons. The molecule has 1 aromatic rings. The van der Waals surface area contributed by atoms with E-state index >= 15 is 0 Å². The molecule has 2 atom stereocenters. The van der Waals surface area contributed by atoms with Crippen LogP contribution in [0.5, 0.6) is 5.75 Å². The Bertz CT molecular complexity index is 786. The van der Waals surface area contributed by atoms with Gasteiger partial charge in [-0.05, 0) is 24.3 Å². The number of nitrogens with zero attached hydrogens (tertiary/aromatic N) is 1. The Labute approximate surface area is 146 Å². The number of allylic oxidation sites excluding steroid dienone is 2. The molecule has 1 N–H and O–H groups in total. The van der Waals surface area contributed by atoms with E-state index in [0.717, 1.165) is 0 Å². The number of benzene rings is 1. The molecule has 1 heterocycles. The SMILES string of the molecule is O=C(Cl)Oc1ccc(Cl)cc1C1=NC2C=CC(Cl)=CC2C(=O)N1. The number of fused-ring (bicyclic) bond motifs is 1. The van der Waals surface area contributed by atoms with Gasteiger partial charge in [-0.2, -0.15) is 0 Å². The highest BCUT2D eigenvalue weighted by molar-refractivity contribution is 6.61. The van der Waals surface area contributed by atoms with Gasteiger partial charge in [0.2, 0.25) is 5.91 Å². The largest absolute Gasteiger partial charge is 0.414 e. The van der Waals surface area contributed by atoms with Gasteiger partial charge in [-0.1, -0.05) is 35.4 Å². The number of amides is 1. The van der Waals surface area contributed by atoms with Crippen molar-refractivity contribution in [3.63, 3.8) is 0 Å². The molecule has 8 heteroatoms. The summed E-state index contributed by atoms with van der Waals surface area (Å²) in [5.74, 6) is -0.330. The summed E-state index contributed by atoms with van der Waals surface area (Å²) in [6, 6.07) is 4.16. The lowest BCUT2D eigenvalue weighted by molar-refractivity contribution is -0.122. The van der Waals surface area contributed by atoms with Crippen molar-refractivity contribution < 1.29 is 14.3 Å². The Morgan fingerprint density at radius 1 is 1.30 bits per heavy atom. The molecular formula is C15H9Cl3N2O3. The highest BCUT2D eigenvalue weighted by Crippen LogP contribution is 2.29. The van der Waals surface area contributed by atoms with Gasteiger partial charge in [-0.15, -0.1) is 0 Å². The Balaban J connectivity index is 2.02. The maximum absolute atomic E-state index is 12.3. The molecule has 0 fully saturated rings. The summed E-state index contributed by atoms with van der Waals surface area (Å²) in [6.45, 7) is 0. The first kappa shape index (κ1) is 16.1. The minimum Gasteiger partial charge on any atom is -0.414 e. The van der Waals surface area contributed by atoms with Gasteiger partial charge in [0.15, 0.2) is 0 Å². The van der Waals surface area contributed by atoms with Gasteiger partial charge in [0, 0.05) is 21.7 Å². The Kier molecular flexibility index (Phi) is 4.43. The van der Waals surface area contributed by atoms with E-state index < -0.39 is 11.3 Å². The molecule has 3 rings (SSSR count). The van der Waals surface area contributed by atoms with E-state index in [1.165, 1.54) is 18.2 Å². The first-order valence-corrected chi connectivity index (χ1v) is 7.69. The zero-order valence-corrected chi connectivity index (χ0v) is 13.7. The fourth-order valence-electron chi connectivity index (χ4n) is 2.37. The van der Waals surface area contributed by atoms with Crippen molar-refractivity contribution in [3.8, 4) is 5.75 Å². The first-order valence-electron chi connectivity index (χ1n) is 6.55. The topological polar surface area (TPSA) is 67.8 Å². The van der Waals surface area contributed by atoms with Crippen molar-refractivity contribution in [2.45, 2.75) is 6.04 Å². The molecule has 1 aliphatic carbocycles. The number of carbonyl (C=O) groups excluding carboxylic acids is 2. The van der Waals surface area contributed by atoms with E-state index in [9.17, 15) is 9.59 Å². The van der Waals surface area contributed by atoms with Crippen LogP contribution >= 0.6 is 34.8 Å². The van der Waals surface area contributed by atoms with Crippen LogP contribution in [0.15, 0.2) is 46.5 Å². The van der Waals surface area contributed by atoms with Gasteiger partial charge in [-0.25, -0.2) is 4.79 Å². The van der Waals surface area contributed by atoms with Crippen LogP contribution in [0, 0.1) is 5.92 Å². The molecule has 118 valence electrons. The predicted molar refractivity (Wildman–Crippen MR) is 88.4 cm³/mol. The second kappa shape index (κ2) is 6.35. The lowest BCUT2D eigenvalue weighted by Crippen LogP contribution is -2.45. The fraction of sp³-hybridized carbons (Fsp3) is 0.133. The van der Waals surface area contributed by atoms with Crippen LogP contribution in [-0.2, 0) is 4.79 Å². The van der Waals surface area contributed by atoms with Crippen LogP contribution in [-0.4, -0.2) is 23.2 Å². The molecule has 23 heavy (non-hydrogen) atoms. The third kappa shape index (κ3) is 3.42. The number of amidine groups is 1. The monoisotopic (exact) mass is 370 g/mol. The minimum absolute atomic E-state index is 0.153. The highest BCUT2D eigenvalue weighted by Gasteiger charge is 2.33. The lowest BCUT2D eigenvalue weighted by Gasteiger charge is -2.27. The van der Waals surface area contributed by atoms with Gasteiger partial charge in [-0.3, -0.25) is 9.79 Å². The van der Waals surface area contributed by atoms with E-state index in [1.54, 1.807) is 18.2 Å². The molecule has 2 aliphatic rings. The van der Waals surface area contributed by atoms with Gasteiger partial charge >= 0.3 is 5.43 Å². The van der Waals surface area contributed by atoms with Crippen molar-refractivity contribution in [3.05, 3.63) is 52.0 Å². The molecule has 1 amide bonds. The first-order chi connectivity index (χ1) is 10.9. The highest BCUT2D eigenvalue weighted by atomic mass is 35.5. The summed E-state index contributed by atoms with van der Waals surface area (Å²) in [5.41, 5.74) is -0.631. The second-order valence-corrected chi connectivity index (χ2v) is 6.06.